The Balaban J connectivity index is 2.44. The van der Waals surface area contributed by atoms with Gasteiger partial charge < -0.3 is 10.0 Å². The van der Waals surface area contributed by atoms with E-state index in [1.165, 1.54) is 12.8 Å². The fourth-order valence-corrected chi connectivity index (χ4v) is 2.43. The van der Waals surface area contributed by atoms with Gasteiger partial charge in [0.1, 0.15) is 0 Å². The van der Waals surface area contributed by atoms with E-state index in [1.807, 2.05) is 6.07 Å². The van der Waals surface area contributed by atoms with Crippen LogP contribution in [0, 0.1) is 11.3 Å². The van der Waals surface area contributed by atoms with E-state index in [2.05, 4.69) is 4.90 Å². The molecule has 0 unspecified atom stereocenters. The van der Waals surface area contributed by atoms with Crippen LogP contribution in [-0.4, -0.2) is 60.1 Å². The average Bonchev–Trinajstić information content (AvgIpc) is 2.89. The molecule has 1 rings (SSSR count). The molecule has 1 aliphatic rings. The van der Waals surface area contributed by atoms with Crippen LogP contribution in [0.15, 0.2) is 0 Å². The summed E-state index contributed by atoms with van der Waals surface area (Å²) in [4.78, 5) is 15.7. The molecule has 102 valence electrons. The summed E-state index contributed by atoms with van der Waals surface area (Å²) in [5.41, 5.74) is 0. The number of aliphatic hydroxyl groups excluding tert-OH is 1. The second-order valence-electron chi connectivity index (χ2n) is 4.86. The van der Waals surface area contributed by atoms with Gasteiger partial charge in [0.05, 0.1) is 25.6 Å². The Bertz CT molecular complexity index is 295. The molecule has 5 heteroatoms. The van der Waals surface area contributed by atoms with Crippen LogP contribution in [0.3, 0.4) is 0 Å². The molecule has 0 atom stereocenters. The lowest BCUT2D eigenvalue weighted by molar-refractivity contribution is -0.131. The van der Waals surface area contributed by atoms with E-state index in [9.17, 15) is 4.79 Å². The van der Waals surface area contributed by atoms with Gasteiger partial charge in [-0.3, -0.25) is 9.69 Å². The van der Waals surface area contributed by atoms with Crippen LogP contribution in [0.1, 0.15) is 32.1 Å². The molecule has 0 saturated heterocycles. The molecule has 0 aromatic heterocycles. The molecule has 0 aromatic rings. The Morgan fingerprint density at radius 1 is 1.39 bits per heavy atom. The lowest BCUT2D eigenvalue weighted by Gasteiger charge is -2.29. The Hall–Kier alpha value is -1.12. The van der Waals surface area contributed by atoms with E-state index in [0.717, 1.165) is 12.8 Å². The van der Waals surface area contributed by atoms with Crippen LogP contribution in [0.5, 0.6) is 0 Å². The van der Waals surface area contributed by atoms with Crippen molar-refractivity contribution in [2.45, 2.75) is 38.1 Å². The molecule has 0 bridgehead atoms. The molecular weight excluding hydrogens is 230 g/mol. The van der Waals surface area contributed by atoms with Crippen LogP contribution in [-0.2, 0) is 4.79 Å². The monoisotopic (exact) mass is 253 g/mol. The van der Waals surface area contributed by atoms with Gasteiger partial charge in [0, 0.05) is 26.2 Å². The molecule has 1 fully saturated rings. The number of nitriles is 1. The van der Waals surface area contributed by atoms with Crippen LogP contribution >= 0.6 is 0 Å². The first-order valence-electron chi connectivity index (χ1n) is 6.65. The molecule has 1 amide bonds. The molecule has 0 spiro atoms. The van der Waals surface area contributed by atoms with Gasteiger partial charge in [-0.15, -0.1) is 0 Å². The summed E-state index contributed by atoms with van der Waals surface area (Å²) in [6.45, 7) is 1.48. The first-order chi connectivity index (χ1) is 8.69. The molecule has 0 radical (unpaired) electrons. The predicted molar refractivity (Wildman–Crippen MR) is 68.8 cm³/mol. The highest BCUT2D eigenvalue weighted by molar-refractivity contribution is 5.78. The highest BCUT2D eigenvalue weighted by Gasteiger charge is 2.24. The maximum absolute atomic E-state index is 12.0. The van der Waals surface area contributed by atoms with E-state index >= 15 is 0 Å². The largest absolute Gasteiger partial charge is 0.395 e. The van der Waals surface area contributed by atoms with Crippen molar-refractivity contribution in [3.63, 3.8) is 0 Å². The molecule has 0 aromatic carbocycles. The highest BCUT2D eigenvalue weighted by Crippen LogP contribution is 2.23. The number of rotatable bonds is 7. The van der Waals surface area contributed by atoms with Gasteiger partial charge >= 0.3 is 0 Å². The zero-order valence-electron chi connectivity index (χ0n) is 11.1. The number of aliphatic hydroxyl groups is 1. The quantitative estimate of drug-likeness (QED) is 0.721. The van der Waals surface area contributed by atoms with Gasteiger partial charge in [0.15, 0.2) is 0 Å². The van der Waals surface area contributed by atoms with Crippen molar-refractivity contribution >= 4 is 5.91 Å². The number of nitrogens with zero attached hydrogens (tertiary/aromatic N) is 3. The lowest BCUT2D eigenvalue weighted by atomic mass is 10.2. The maximum Gasteiger partial charge on any atom is 0.236 e. The average molecular weight is 253 g/mol. The first kappa shape index (κ1) is 14.9. The molecule has 1 saturated carbocycles. The van der Waals surface area contributed by atoms with Gasteiger partial charge in [-0.2, -0.15) is 5.26 Å². The third-order valence-corrected chi connectivity index (χ3v) is 3.55. The fraction of sp³-hybridized carbons (Fsp3) is 0.846. The smallest absolute Gasteiger partial charge is 0.236 e. The molecule has 0 aliphatic heterocycles. The summed E-state index contributed by atoms with van der Waals surface area (Å²) in [5, 5.41) is 17.6. The topological polar surface area (TPSA) is 67.6 Å². The Morgan fingerprint density at radius 3 is 2.61 bits per heavy atom. The normalized spacial score (nSPS) is 15.9. The van der Waals surface area contributed by atoms with E-state index in [-0.39, 0.29) is 12.5 Å². The number of carbonyl (C=O) groups excluding carboxylic acids is 1. The van der Waals surface area contributed by atoms with Crippen molar-refractivity contribution in [3.05, 3.63) is 0 Å². The third-order valence-electron chi connectivity index (χ3n) is 3.55. The van der Waals surface area contributed by atoms with Crippen molar-refractivity contribution in [1.82, 2.24) is 9.80 Å². The van der Waals surface area contributed by atoms with Crippen LogP contribution in [0.2, 0.25) is 0 Å². The van der Waals surface area contributed by atoms with E-state index < -0.39 is 0 Å². The van der Waals surface area contributed by atoms with Crippen LogP contribution in [0.25, 0.3) is 0 Å². The molecule has 1 N–H and O–H groups in total. The lowest BCUT2D eigenvalue weighted by Crippen LogP contribution is -2.44. The van der Waals surface area contributed by atoms with Gasteiger partial charge in [0.2, 0.25) is 5.91 Å². The summed E-state index contributed by atoms with van der Waals surface area (Å²) in [7, 11) is 1.73. The zero-order valence-corrected chi connectivity index (χ0v) is 11.1. The van der Waals surface area contributed by atoms with Crippen molar-refractivity contribution < 1.29 is 9.90 Å². The number of carbonyl (C=O) groups is 1. The Labute approximate surface area is 109 Å². The third kappa shape index (κ3) is 4.63. The molecule has 1 aliphatic carbocycles. The molecule has 5 nitrogen and oxygen atoms in total. The summed E-state index contributed by atoms with van der Waals surface area (Å²) >= 11 is 0. The number of likely N-dealkylation sites (N-methyl/N-ethyl adjacent to an activating group) is 1. The van der Waals surface area contributed by atoms with Gasteiger partial charge in [0.25, 0.3) is 0 Å². The van der Waals surface area contributed by atoms with Crippen LogP contribution < -0.4 is 0 Å². The molecular formula is C13H23N3O2. The SMILES string of the molecule is CN(CCC#N)C(=O)CN(CCO)C1CCCC1. The van der Waals surface area contributed by atoms with Crippen molar-refractivity contribution in [2.24, 2.45) is 0 Å². The number of hydrogen-bond acceptors (Lipinski definition) is 4. The summed E-state index contributed by atoms with van der Waals surface area (Å²) in [6, 6.07) is 2.48. The number of amides is 1. The Kier molecular flexibility index (Phi) is 6.69. The minimum Gasteiger partial charge on any atom is -0.395 e. The van der Waals surface area contributed by atoms with Gasteiger partial charge in [-0.25, -0.2) is 0 Å². The van der Waals surface area contributed by atoms with Crippen molar-refractivity contribution in [3.8, 4) is 6.07 Å². The first-order valence-corrected chi connectivity index (χ1v) is 6.65. The Morgan fingerprint density at radius 2 is 2.06 bits per heavy atom. The minimum absolute atomic E-state index is 0.0330. The van der Waals surface area contributed by atoms with Crippen molar-refractivity contribution in [1.29, 1.82) is 5.26 Å². The fourth-order valence-electron chi connectivity index (χ4n) is 2.43. The predicted octanol–water partition coefficient (Wildman–Crippen LogP) is 0.595. The van der Waals surface area contributed by atoms with Crippen molar-refractivity contribution in [2.75, 3.05) is 33.3 Å². The van der Waals surface area contributed by atoms with Gasteiger partial charge in [-0.05, 0) is 12.8 Å². The standard InChI is InChI=1S/C13H23N3O2/c1-15(8-4-7-14)13(18)11-16(9-10-17)12-5-2-3-6-12/h12,17H,2-6,8-11H2,1H3. The maximum atomic E-state index is 12.0. The van der Waals surface area contributed by atoms with Gasteiger partial charge in [-0.1, -0.05) is 12.8 Å². The zero-order chi connectivity index (χ0) is 13.4. The second kappa shape index (κ2) is 8.06. The molecule has 18 heavy (non-hydrogen) atoms. The second-order valence-corrected chi connectivity index (χ2v) is 4.86. The highest BCUT2D eigenvalue weighted by atomic mass is 16.3. The molecule has 0 heterocycles. The van der Waals surface area contributed by atoms with E-state index in [1.54, 1.807) is 11.9 Å². The number of hydrogen-bond donors (Lipinski definition) is 1. The summed E-state index contributed by atoms with van der Waals surface area (Å²) < 4.78 is 0. The summed E-state index contributed by atoms with van der Waals surface area (Å²) in [6.07, 6.45) is 5.03. The van der Waals surface area contributed by atoms with Crippen LogP contribution in [0.4, 0.5) is 0 Å². The van der Waals surface area contributed by atoms with E-state index in [0.29, 0.717) is 32.1 Å². The van der Waals surface area contributed by atoms with E-state index in [4.69, 9.17) is 10.4 Å². The minimum atomic E-state index is 0.0330. The summed E-state index contributed by atoms with van der Waals surface area (Å²) in [5.74, 6) is 0.0330.